The molecule has 0 aliphatic rings. The summed E-state index contributed by atoms with van der Waals surface area (Å²) in [6, 6.07) is 11.5. The first-order chi connectivity index (χ1) is 9.63. The van der Waals surface area contributed by atoms with E-state index >= 15 is 0 Å². The fourth-order valence-electron chi connectivity index (χ4n) is 2.12. The molecule has 2 aromatic rings. The van der Waals surface area contributed by atoms with Gasteiger partial charge in [-0.1, -0.05) is 36.4 Å². The number of hydrogen-bond donors (Lipinski definition) is 0. The molecule has 0 spiro atoms. The fourth-order valence-corrected chi connectivity index (χ4v) is 2.12. The van der Waals surface area contributed by atoms with Gasteiger partial charge in [0.25, 0.3) is 0 Å². The quantitative estimate of drug-likeness (QED) is 0.586. The number of carbonyl (C=O) groups is 1. The zero-order valence-electron chi connectivity index (χ0n) is 11.8. The highest BCUT2D eigenvalue weighted by atomic mass is 16.5. The van der Waals surface area contributed by atoms with Crippen LogP contribution in [-0.4, -0.2) is 12.4 Å². The van der Waals surface area contributed by atoms with Gasteiger partial charge in [0.15, 0.2) is 5.78 Å². The van der Waals surface area contributed by atoms with Crippen LogP contribution in [0.5, 0.6) is 0 Å². The van der Waals surface area contributed by atoms with Gasteiger partial charge in [-0.2, -0.15) is 0 Å². The normalized spacial score (nSPS) is 12.1. The van der Waals surface area contributed by atoms with E-state index in [1.807, 2.05) is 30.3 Å². The Hall–Kier alpha value is -2.13. The third-order valence-electron chi connectivity index (χ3n) is 3.06. The number of ether oxygens (including phenoxy) is 1. The van der Waals surface area contributed by atoms with Crippen LogP contribution in [-0.2, 0) is 4.74 Å². The van der Waals surface area contributed by atoms with Gasteiger partial charge in [0.05, 0.1) is 12.2 Å². The molecule has 0 fully saturated rings. The van der Waals surface area contributed by atoms with E-state index in [0.29, 0.717) is 23.7 Å². The largest absolute Gasteiger partial charge is 0.462 e. The summed E-state index contributed by atoms with van der Waals surface area (Å²) >= 11 is 0. The molecule has 0 amide bonds. The highest BCUT2D eigenvalue weighted by Gasteiger charge is 2.21. The molecular weight excluding hydrogens is 252 g/mol. The average molecular weight is 270 g/mol. The second-order valence-corrected chi connectivity index (χ2v) is 4.59. The van der Waals surface area contributed by atoms with E-state index in [4.69, 9.17) is 9.15 Å². The van der Waals surface area contributed by atoms with Crippen LogP contribution < -0.4 is 0 Å². The number of rotatable bonds is 6. The first-order valence-corrected chi connectivity index (χ1v) is 6.52. The summed E-state index contributed by atoms with van der Waals surface area (Å²) < 4.78 is 11.5. The molecule has 0 bridgehead atoms. The molecule has 1 aromatic heterocycles. The van der Waals surface area contributed by atoms with Crippen molar-refractivity contribution in [1.82, 2.24) is 0 Å². The van der Waals surface area contributed by atoms with Crippen molar-refractivity contribution in [2.24, 2.45) is 0 Å². The van der Waals surface area contributed by atoms with Gasteiger partial charge < -0.3 is 9.15 Å². The molecule has 1 aromatic carbocycles. The minimum Gasteiger partial charge on any atom is -0.462 e. The number of Topliss-reactive ketones (excluding diaryl/α,β-unsaturated/α-hetero) is 1. The van der Waals surface area contributed by atoms with E-state index in [2.05, 4.69) is 6.58 Å². The molecule has 0 saturated heterocycles. The lowest BCUT2D eigenvalue weighted by atomic mass is 10.1. The maximum absolute atomic E-state index is 11.5. The van der Waals surface area contributed by atoms with Crippen LogP contribution >= 0.6 is 0 Å². The Bertz CT molecular complexity index is 596. The molecular formula is C17H18O3. The molecule has 0 aliphatic carbocycles. The van der Waals surface area contributed by atoms with Crippen LogP contribution in [0.3, 0.4) is 0 Å². The van der Waals surface area contributed by atoms with Crippen molar-refractivity contribution in [3.63, 3.8) is 0 Å². The van der Waals surface area contributed by atoms with Crippen LogP contribution in [0.4, 0.5) is 0 Å². The fraction of sp³-hybridized carbons (Fsp3) is 0.235. The maximum atomic E-state index is 11.5. The van der Waals surface area contributed by atoms with Crippen molar-refractivity contribution >= 4 is 5.78 Å². The number of carbonyl (C=O) groups excluding carboxylic acids is 1. The lowest BCUT2D eigenvalue weighted by Gasteiger charge is -2.15. The number of ketones is 1. The summed E-state index contributed by atoms with van der Waals surface area (Å²) in [6.45, 7) is 7.39. The standard InChI is InChI=1S/C17H18O3/c1-4-10-19-17(14-8-6-5-7-9-14)16-11-15(12(2)18)13(3)20-16/h4-9,11,17H,1,10H2,2-3H3. The van der Waals surface area contributed by atoms with Crippen molar-refractivity contribution < 1.29 is 13.9 Å². The molecule has 1 unspecified atom stereocenters. The second-order valence-electron chi connectivity index (χ2n) is 4.59. The minimum atomic E-state index is -0.332. The van der Waals surface area contributed by atoms with Crippen LogP contribution in [0.25, 0.3) is 0 Å². The van der Waals surface area contributed by atoms with Crippen molar-refractivity contribution in [2.75, 3.05) is 6.61 Å². The van der Waals surface area contributed by atoms with Gasteiger partial charge >= 0.3 is 0 Å². The van der Waals surface area contributed by atoms with Gasteiger partial charge in [0, 0.05) is 0 Å². The van der Waals surface area contributed by atoms with E-state index in [1.54, 1.807) is 19.1 Å². The third kappa shape index (κ3) is 3.06. The summed E-state index contributed by atoms with van der Waals surface area (Å²) in [6.07, 6.45) is 1.36. The van der Waals surface area contributed by atoms with E-state index in [1.165, 1.54) is 6.92 Å². The van der Waals surface area contributed by atoms with Crippen LogP contribution in [0.1, 0.15) is 40.5 Å². The average Bonchev–Trinajstić information content (AvgIpc) is 2.82. The summed E-state index contributed by atoms with van der Waals surface area (Å²) in [5, 5.41) is 0. The van der Waals surface area contributed by atoms with Gasteiger partial charge in [-0.15, -0.1) is 6.58 Å². The lowest BCUT2D eigenvalue weighted by molar-refractivity contribution is 0.0865. The number of hydrogen-bond acceptors (Lipinski definition) is 3. The molecule has 2 rings (SSSR count). The Kier molecular flexibility index (Phi) is 4.53. The van der Waals surface area contributed by atoms with Gasteiger partial charge in [0.2, 0.25) is 0 Å². The highest BCUT2D eigenvalue weighted by Crippen LogP contribution is 2.29. The molecule has 1 heterocycles. The zero-order chi connectivity index (χ0) is 14.5. The molecule has 20 heavy (non-hydrogen) atoms. The predicted octanol–water partition coefficient (Wildman–Crippen LogP) is 4.08. The molecule has 104 valence electrons. The van der Waals surface area contributed by atoms with E-state index in [-0.39, 0.29) is 11.9 Å². The summed E-state index contributed by atoms with van der Waals surface area (Å²) in [7, 11) is 0. The first-order valence-electron chi connectivity index (χ1n) is 6.52. The van der Waals surface area contributed by atoms with Crippen molar-refractivity contribution in [3.05, 3.63) is 71.7 Å². The summed E-state index contributed by atoms with van der Waals surface area (Å²) in [5.74, 6) is 1.25. The topological polar surface area (TPSA) is 39.4 Å². The Balaban J connectivity index is 2.38. The summed E-state index contributed by atoms with van der Waals surface area (Å²) in [4.78, 5) is 11.5. The molecule has 0 saturated carbocycles. The van der Waals surface area contributed by atoms with Gasteiger partial charge in [-0.05, 0) is 25.5 Å². The van der Waals surface area contributed by atoms with E-state index < -0.39 is 0 Å². The van der Waals surface area contributed by atoms with Crippen molar-refractivity contribution in [1.29, 1.82) is 0 Å². The molecule has 3 heteroatoms. The minimum absolute atomic E-state index is 0.00645. The van der Waals surface area contributed by atoms with Crippen LogP contribution in [0.15, 0.2) is 53.5 Å². The molecule has 0 aliphatic heterocycles. The smallest absolute Gasteiger partial charge is 0.163 e. The number of aryl methyl sites for hydroxylation is 1. The molecule has 0 radical (unpaired) electrons. The number of benzene rings is 1. The second kappa shape index (κ2) is 6.35. The Morgan fingerprint density at radius 1 is 1.40 bits per heavy atom. The monoisotopic (exact) mass is 270 g/mol. The first kappa shape index (κ1) is 14.3. The van der Waals surface area contributed by atoms with Gasteiger partial charge in [-0.3, -0.25) is 4.79 Å². The SMILES string of the molecule is C=CCOC(c1ccccc1)c1cc(C(C)=O)c(C)o1. The highest BCUT2D eigenvalue weighted by molar-refractivity contribution is 5.95. The van der Waals surface area contributed by atoms with Gasteiger partial charge in [0.1, 0.15) is 17.6 Å². The number of furan rings is 1. The molecule has 0 N–H and O–H groups in total. The van der Waals surface area contributed by atoms with E-state index in [0.717, 1.165) is 5.56 Å². The van der Waals surface area contributed by atoms with E-state index in [9.17, 15) is 4.79 Å². The predicted molar refractivity (Wildman–Crippen MR) is 77.9 cm³/mol. The Morgan fingerprint density at radius 2 is 2.10 bits per heavy atom. The lowest BCUT2D eigenvalue weighted by Crippen LogP contribution is -2.05. The van der Waals surface area contributed by atoms with Crippen LogP contribution in [0, 0.1) is 6.92 Å². The Morgan fingerprint density at radius 3 is 2.65 bits per heavy atom. The van der Waals surface area contributed by atoms with Crippen molar-refractivity contribution in [3.8, 4) is 0 Å². The molecule has 3 nitrogen and oxygen atoms in total. The molecule has 1 atom stereocenters. The zero-order valence-corrected chi connectivity index (χ0v) is 11.8. The summed E-state index contributed by atoms with van der Waals surface area (Å²) in [5.41, 5.74) is 1.58. The third-order valence-corrected chi connectivity index (χ3v) is 3.06. The Labute approximate surface area is 118 Å². The van der Waals surface area contributed by atoms with Gasteiger partial charge in [-0.25, -0.2) is 0 Å². The van der Waals surface area contributed by atoms with Crippen molar-refractivity contribution in [2.45, 2.75) is 20.0 Å². The maximum Gasteiger partial charge on any atom is 0.163 e. The van der Waals surface area contributed by atoms with Crippen LogP contribution in [0.2, 0.25) is 0 Å².